The van der Waals surface area contributed by atoms with Crippen LogP contribution in [0.5, 0.6) is 11.5 Å². The Balaban J connectivity index is 1.85. The van der Waals surface area contributed by atoms with Crippen molar-refractivity contribution < 1.29 is 15.0 Å². The lowest BCUT2D eigenvalue weighted by Crippen LogP contribution is -2.58. The standard InChI is InChI=1S/C21H29NO3/c1-19(2)15-5-7-21(4)16(20(15,3)8-6-17(25)22-19)10-12-9-13(23)11-14(24)18(12)21/h9,11,15-16,23-24H,5-8,10H2,1-4H3,(H,22,25)/t15?,16-,20+,21-/m1/s1. The fraction of sp³-hybridized carbons (Fsp3) is 0.667. The van der Waals surface area contributed by atoms with Gasteiger partial charge in [-0.25, -0.2) is 0 Å². The second kappa shape index (κ2) is 4.93. The lowest BCUT2D eigenvalue weighted by molar-refractivity contribution is -0.122. The number of benzene rings is 1. The number of hydrogen-bond donors (Lipinski definition) is 3. The van der Waals surface area contributed by atoms with Gasteiger partial charge in [0.25, 0.3) is 0 Å². The molecular formula is C21H29NO3. The molecule has 136 valence electrons. The number of carbonyl (C=O) groups excluding carboxylic acids is 1. The Morgan fingerprint density at radius 1 is 1.08 bits per heavy atom. The average Bonchev–Trinajstić information content (AvgIpc) is 2.74. The van der Waals surface area contributed by atoms with Crippen LogP contribution in [0.15, 0.2) is 12.1 Å². The Labute approximate surface area is 149 Å². The summed E-state index contributed by atoms with van der Waals surface area (Å²) in [7, 11) is 0. The molecule has 3 aliphatic rings. The van der Waals surface area contributed by atoms with E-state index in [1.165, 1.54) is 6.07 Å². The summed E-state index contributed by atoms with van der Waals surface area (Å²) >= 11 is 0. The van der Waals surface area contributed by atoms with Crippen molar-refractivity contribution in [3.63, 3.8) is 0 Å². The molecule has 0 bridgehead atoms. The molecule has 4 rings (SSSR count). The maximum Gasteiger partial charge on any atom is 0.220 e. The maximum absolute atomic E-state index is 12.3. The first kappa shape index (κ1) is 16.7. The topological polar surface area (TPSA) is 69.6 Å². The summed E-state index contributed by atoms with van der Waals surface area (Å²) in [6, 6.07) is 3.30. The van der Waals surface area contributed by atoms with Gasteiger partial charge in [-0.2, -0.15) is 0 Å². The molecule has 25 heavy (non-hydrogen) atoms. The molecule has 2 fully saturated rings. The molecular weight excluding hydrogens is 314 g/mol. The predicted molar refractivity (Wildman–Crippen MR) is 96.6 cm³/mol. The van der Waals surface area contributed by atoms with E-state index in [4.69, 9.17) is 0 Å². The SMILES string of the molecule is CC1(C)NC(=O)CC[C@@]2(C)C1CC[C@@]1(C)c3c(O)cc(O)cc3C[C@@H]12. The van der Waals surface area contributed by atoms with Crippen LogP contribution in [0.3, 0.4) is 0 Å². The molecule has 1 unspecified atom stereocenters. The van der Waals surface area contributed by atoms with Crippen molar-refractivity contribution >= 4 is 5.91 Å². The fourth-order valence-corrected chi connectivity index (χ4v) is 6.81. The van der Waals surface area contributed by atoms with E-state index in [2.05, 4.69) is 33.0 Å². The van der Waals surface area contributed by atoms with Gasteiger partial charge in [0.15, 0.2) is 0 Å². The number of fused-ring (bicyclic) bond motifs is 5. The Morgan fingerprint density at radius 3 is 2.52 bits per heavy atom. The Morgan fingerprint density at radius 2 is 1.80 bits per heavy atom. The van der Waals surface area contributed by atoms with Crippen LogP contribution in [0.25, 0.3) is 0 Å². The quantitative estimate of drug-likeness (QED) is 0.674. The molecule has 0 radical (unpaired) electrons. The minimum atomic E-state index is -0.220. The largest absolute Gasteiger partial charge is 0.508 e. The first-order valence-corrected chi connectivity index (χ1v) is 9.44. The molecule has 0 spiro atoms. The van der Waals surface area contributed by atoms with E-state index < -0.39 is 0 Å². The Kier molecular flexibility index (Phi) is 3.30. The van der Waals surface area contributed by atoms with Gasteiger partial charge in [-0.3, -0.25) is 4.79 Å². The van der Waals surface area contributed by atoms with Gasteiger partial charge < -0.3 is 15.5 Å². The predicted octanol–water partition coefficient (Wildman–Crippen LogP) is 3.63. The monoisotopic (exact) mass is 343 g/mol. The third kappa shape index (κ3) is 2.15. The van der Waals surface area contributed by atoms with E-state index in [0.29, 0.717) is 18.3 Å². The van der Waals surface area contributed by atoms with E-state index in [-0.39, 0.29) is 33.8 Å². The van der Waals surface area contributed by atoms with Gasteiger partial charge in [-0.05, 0) is 68.4 Å². The molecule has 1 aromatic carbocycles. The molecule has 1 aromatic rings. The summed E-state index contributed by atoms with van der Waals surface area (Å²) in [5.41, 5.74) is 1.81. The number of phenols is 2. The van der Waals surface area contributed by atoms with Crippen molar-refractivity contribution in [1.29, 1.82) is 0 Å². The maximum atomic E-state index is 12.3. The molecule has 4 nitrogen and oxygen atoms in total. The molecule has 3 N–H and O–H groups in total. The van der Waals surface area contributed by atoms with Gasteiger partial charge in [-0.1, -0.05) is 13.8 Å². The first-order valence-electron chi connectivity index (χ1n) is 9.44. The third-order valence-corrected chi connectivity index (χ3v) is 7.72. The second-order valence-electron chi connectivity index (χ2n) is 9.54. The third-order valence-electron chi connectivity index (χ3n) is 7.72. The van der Waals surface area contributed by atoms with Gasteiger partial charge in [0.1, 0.15) is 11.5 Å². The number of carbonyl (C=O) groups is 1. The second-order valence-corrected chi connectivity index (χ2v) is 9.54. The number of hydrogen-bond acceptors (Lipinski definition) is 3. The van der Waals surface area contributed by atoms with Crippen LogP contribution in [0.1, 0.15) is 64.5 Å². The Bertz CT molecular complexity index is 756. The highest BCUT2D eigenvalue weighted by Gasteiger charge is 2.61. The average molecular weight is 343 g/mol. The number of aromatic hydroxyl groups is 2. The van der Waals surface area contributed by atoms with Crippen LogP contribution >= 0.6 is 0 Å². The zero-order valence-corrected chi connectivity index (χ0v) is 15.6. The molecule has 1 saturated heterocycles. The lowest BCUT2D eigenvalue weighted by atomic mass is 9.48. The van der Waals surface area contributed by atoms with Gasteiger partial charge in [0.05, 0.1) is 0 Å². The van der Waals surface area contributed by atoms with Gasteiger partial charge in [0.2, 0.25) is 5.91 Å². The first-order chi connectivity index (χ1) is 11.6. The van der Waals surface area contributed by atoms with Gasteiger partial charge in [0, 0.05) is 29.0 Å². The van der Waals surface area contributed by atoms with Crippen molar-refractivity contribution in [2.75, 3.05) is 0 Å². The number of phenolic OH excluding ortho intramolecular Hbond substituents is 2. The molecule has 0 aromatic heterocycles. The Hall–Kier alpha value is -1.71. The number of rotatable bonds is 0. The summed E-state index contributed by atoms with van der Waals surface area (Å²) < 4.78 is 0. The zero-order chi connectivity index (χ0) is 18.2. The highest BCUT2D eigenvalue weighted by molar-refractivity contribution is 5.77. The van der Waals surface area contributed by atoms with Crippen molar-refractivity contribution in [3.05, 3.63) is 23.3 Å². The summed E-state index contributed by atoms with van der Waals surface area (Å²) in [6.07, 6.45) is 4.36. The van der Waals surface area contributed by atoms with E-state index in [1.807, 2.05) is 6.07 Å². The highest BCUT2D eigenvalue weighted by atomic mass is 16.3. The molecule has 4 heteroatoms. The number of nitrogens with one attached hydrogen (secondary N) is 1. The molecule has 1 saturated carbocycles. The van der Waals surface area contributed by atoms with Crippen molar-refractivity contribution in [1.82, 2.24) is 5.32 Å². The minimum Gasteiger partial charge on any atom is -0.508 e. The smallest absolute Gasteiger partial charge is 0.220 e. The van der Waals surface area contributed by atoms with E-state index >= 15 is 0 Å². The van der Waals surface area contributed by atoms with E-state index in [0.717, 1.165) is 36.8 Å². The van der Waals surface area contributed by atoms with Crippen LogP contribution in [-0.2, 0) is 16.6 Å². The molecule has 4 atom stereocenters. The van der Waals surface area contributed by atoms with E-state index in [9.17, 15) is 15.0 Å². The lowest BCUT2D eigenvalue weighted by Gasteiger charge is -2.57. The minimum absolute atomic E-state index is 0.0245. The fourth-order valence-electron chi connectivity index (χ4n) is 6.81. The summed E-state index contributed by atoms with van der Waals surface area (Å²) in [5, 5.41) is 23.8. The van der Waals surface area contributed by atoms with Crippen LogP contribution in [0, 0.1) is 17.3 Å². The van der Waals surface area contributed by atoms with Crippen LogP contribution in [-0.4, -0.2) is 21.7 Å². The summed E-state index contributed by atoms with van der Waals surface area (Å²) in [6.45, 7) is 8.94. The van der Waals surface area contributed by atoms with Crippen molar-refractivity contribution in [3.8, 4) is 11.5 Å². The summed E-state index contributed by atoms with van der Waals surface area (Å²) in [4.78, 5) is 12.3. The summed E-state index contributed by atoms with van der Waals surface area (Å²) in [5.74, 6) is 1.30. The van der Waals surface area contributed by atoms with Gasteiger partial charge >= 0.3 is 0 Å². The molecule has 1 aliphatic heterocycles. The molecule has 2 aliphatic carbocycles. The molecule has 1 amide bonds. The normalized spacial score (nSPS) is 39.0. The molecule has 1 heterocycles. The van der Waals surface area contributed by atoms with Crippen LogP contribution < -0.4 is 5.32 Å². The van der Waals surface area contributed by atoms with Gasteiger partial charge in [-0.15, -0.1) is 0 Å². The van der Waals surface area contributed by atoms with Crippen molar-refractivity contribution in [2.45, 2.75) is 70.8 Å². The van der Waals surface area contributed by atoms with Crippen LogP contribution in [0.2, 0.25) is 0 Å². The van der Waals surface area contributed by atoms with Crippen molar-refractivity contribution in [2.24, 2.45) is 17.3 Å². The number of amides is 1. The van der Waals surface area contributed by atoms with E-state index in [1.54, 1.807) is 0 Å². The highest BCUT2D eigenvalue weighted by Crippen LogP contribution is 2.65. The zero-order valence-electron chi connectivity index (χ0n) is 15.6. The van der Waals surface area contributed by atoms with Crippen LogP contribution in [0.4, 0.5) is 0 Å².